The SMILES string of the molecule is C=CCN(C)C(=O)[C@H]1[C@H]2C(=O)N([C@@H](CO)C(C)C)C(C(=O)N(CC=C)c3cc(C)ccc3C)C23CC(C)[C@]1(C)O3. The van der Waals surface area contributed by atoms with E-state index in [0.717, 1.165) is 16.8 Å². The maximum absolute atomic E-state index is 14.9. The molecule has 4 rings (SSSR count). The molecule has 8 heteroatoms. The number of carbonyl (C=O) groups excluding carboxylic acids is 3. The third kappa shape index (κ3) is 4.31. The van der Waals surface area contributed by atoms with Gasteiger partial charge in [0.2, 0.25) is 11.8 Å². The molecule has 3 saturated heterocycles. The van der Waals surface area contributed by atoms with Crippen LogP contribution in [0.3, 0.4) is 0 Å². The Morgan fingerprint density at radius 1 is 1.20 bits per heavy atom. The van der Waals surface area contributed by atoms with E-state index in [-0.39, 0.29) is 42.7 Å². The topological polar surface area (TPSA) is 90.4 Å². The number of anilines is 1. The Kier molecular flexibility index (Phi) is 8.09. The van der Waals surface area contributed by atoms with Gasteiger partial charge in [0.1, 0.15) is 11.6 Å². The summed E-state index contributed by atoms with van der Waals surface area (Å²) < 4.78 is 6.88. The third-order valence-electron chi connectivity index (χ3n) is 9.58. The van der Waals surface area contributed by atoms with Gasteiger partial charge in [-0.3, -0.25) is 14.4 Å². The van der Waals surface area contributed by atoms with Gasteiger partial charge in [0, 0.05) is 25.8 Å². The molecule has 8 nitrogen and oxygen atoms in total. The fourth-order valence-corrected chi connectivity index (χ4v) is 7.42. The molecule has 218 valence electrons. The number of rotatable bonds is 10. The monoisotopic (exact) mass is 551 g/mol. The second kappa shape index (κ2) is 10.8. The Hall–Kier alpha value is -2.97. The molecule has 3 unspecified atom stereocenters. The van der Waals surface area contributed by atoms with E-state index in [2.05, 4.69) is 13.2 Å². The Morgan fingerprint density at radius 3 is 2.42 bits per heavy atom. The van der Waals surface area contributed by atoms with Gasteiger partial charge in [0.25, 0.3) is 5.91 Å². The van der Waals surface area contributed by atoms with Crippen molar-refractivity contribution >= 4 is 23.4 Å². The summed E-state index contributed by atoms with van der Waals surface area (Å²) >= 11 is 0. The molecule has 2 bridgehead atoms. The molecule has 3 heterocycles. The van der Waals surface area contributed by atoms with E-state index in [1.165, 1.54) is 0 Å². The highest BCUT2D eigenvalue weighted by Crippen LogP contribution is 2.66. The van der Waals surface area contributed by atoms with Crippen LogP contribution in [-0.4, -0.2) is 82.7 Å². The van der Waals surface area contributed by atoms with Crippen LogP contribution in [0, 0.1) is 37.5 Å². The molecular weight excluding hydrogens is 506 g/mol. The summed E-state index contributed by atoms with van der Waals surface area (Å²) in [4.78, 5) is 48.1. The number of aliphatic hydroxyl groups excluding tert-OH is 1. The fraction of sp³-hybridized carbons (Fsp3) is 0.594. The van der Waals surface area contributed by atoms with Gasteiger partial charge >= 0.3 is 0 Å². The number of aliphatic hydroxyl groups is 1. The van der Waals surface area contributed by atoms with Crippen molar-refractivity contribution in [2.45, 2.75) is 71.2 Å². The van der Waals surface area contributed by atoms with Gasteiger partial charge in [-0.05, 0) is 56.2 Å². The highest BCUT2D eigenvalue weighted by Gasteiger charge is 2.80. The first kappa shape index (κ1) is 30.0. The molecule has 1 spiro atoms. The van der Waals surface area contributed by atoms with Crippen LogP contribution >= 0.6 is 0 Å². The van der Waals surface area contributed by atoms with Crippen molar-refractivity contribution in [1.29, 1.82) is 0 Å². The number of ether oxygens (including phenoxy) is 1. The van der Waals surface area contributed by atoms with Gasteiger partial charge < -0.3 is 24.5 Å². The molecule has 0 saturated carbocycles. The van der Waals surface area contributed by atoms with Crippen molar-refractivity contribution in [2.75, 3.05) is 31.6 Å². The Labute approximate surface area is 238 Å². The summed E-state index contributed by atoms with van der Waals surface area (Å²) in [6.07, 6.45) is 3.79. The maximum atomic E-state index is 14.9. The molecule has 0 radical (unpaired) electrons. The van der Waals surface area contributed by atoms with Gasteiger partial charge in [-0.2, -0.15) is 0 Å². The van der Waals surface area contributed by atoms with E-state index < -0.39 is 35.1 Å². The van der Waals surface area contributed by atoms with Gasteiger partial charge in [-0.25, -0.2) is 0 Å². The molecule has 0 aliphatic carbocycles. The van der Waals surface area contributed by atoms with E-state index in [4.69, 9.17) is 4.74 Å². The first-order chi connectivity index (χ1) is 18.8. The quantitative estimate of drug-likeness (QED) is 0.450. The minimum absolute atomic E-state index is 0.0712. The second-order valence-corrected chi connectivity index (χ2v) is 12.5. The number of aryl methyl sites for hydroxylation is 2. The smallest absolute Gasteiger partial charge is 0.253 e. The highest BCUT2D eigenvalue weighted by molar-refractivity contribution is 6.05. The van der Waals surface area contributed by atoms with Crippen molar-refractivity contribution in [1.82, 2.24) is 9.80 Å². The first-order valence-electron chi connectivity index (χ1n) is 14.3. The van der Waals surface area contributed by atoms with Crippen LogP contribution < -0.4 is 4.90 Å². The first-order valence-corrected chi connectivity index (χ1v) is 14.3. The normalized spacial score (nSPS) is 31.3. The number of amides is 3. The number of nitrogens with zero attached hydrogens (tertiary/aromatic N) is 3. The zero-order valence-electron chi connectivity index (χ0n) is 25.0. The second-order valence-electron chi connectivity index (χ2n) is 12.5. The zero-order chi connectivity index (χ0) is 29.7. The van der Waals surface area contributed by atoms with Crippen LogP contribution in [0.4, 0.5) is 5.69 Å². The number of benzene rings is 1. The van der Waals surface area contributed by atoms with Crippen LogP contribution in [0.1, 0.15) is 45.2 Å². The molecular formula is C32H45N3O5. The summed E-state index contributed by atoms with van der Waals surface area (Å²) in [5, 5.41) is 10.5. The largest absolute Gasteiger partial charge is 0.394 e. The Bertz CT molecular complexity index is 1210. The summed E-state index contributed by atoms with van der Waals surface area (Å²) in [5.41, 5.74) is 0.559. The van der Waals surface area contributed by atoms with E-state index in [1.807, 2.05) is 59.7 Å². The Balaban J connectivity index is 1.92. The summed E-state index contributed by atoms with van der Waals surface area (Å²) in [6, 6.07) is 4.32. The lowest BCUT2D eigenvalue weighted by Crippen LogP contribution is -2.60. The molecule has 1 N–H and O–H groups in total. The standard InChI is InChI=1S/C32H45N3O5/c1-10-14-33(9)28(37)25-26-29(38)35(24(18-36)19(3)4)27(32(26)17-22(7)31(25,8)40-32)30(39)34(15-11-2)23-16-20(5)12-13-21(23)6/h10-13,16,19,22,24-27,36H,1-2,14-15,17-18H2,3-9H3/t22?,24-,25+,26-,27?,31-,32?/m0/s1. The lowest BCUT2D eigenvalue weighted by Gasteiger charge is -2.41. The highest BCUT2D eigenvalue weighted by atomic mass is 16.5. The average Bonchev–Trinajstić information content (AvgIpc) is 3.40. The van der Waals surface area contributed by atoms with E-state index in [0.29, 0.717) is 13.0 Å². The summed E-state index contributed by atoms with van der Waals surface area (Å²) in [7, 11) is 1.70. The maximum Gasteiger partial charge on any atom is 0.253 e. The molecule has 3 amide bonds. The predicted molar refractivity (Wildman–Crippen MR) is 156 cm³/mol. The van der Waals surface area contributed by atoms with Crippen LogP contribution in [0.25, 0.3) is 0 Å². The molecule has 40 heavy (non-hydrogen) atoms. The van der Waals surface area contributed by atoms with Crippen LogP contribution in [0.15, 0.2) is 43.5 Å². The van der Waals surface area contributed by atoms with Crippen molar-refractivity contribution in [3.63, 3.8) is 0 Å². The molecule has 1 aromatic rings. The summed E-state index contributed by atoms with van der Waals surface area (Å²) in [5.74, 6) is -2.56. The minimum atomic E-state index is -1.20. The lowest BCUT2D eigenvalue weighted by molar-refractivity contribution is -0.154. The number of hydrogen-bond acceptors (Lipinski definition) is 5. The van der Waals surface area contributed by atoms with Gasteiger partial charge in [0.15, 0.2) is 0 Å². The number of fused-ring (bicyclic) bond motifs is 1. The van der Waals surface area contributed by atoms with Crippen molar-refractivity contribution < 1.29 is 24.2 Å². The molecule has 1 aromatic carbocycles. The van der Waals surface area contributed by atoms with Gasteiger partial charge in [0.05, 0.1) is 30.1 Å². The molecule has 7 atom stereocenters. The van der Waals surface area contributed by atoms with Crippen LogP contribution in [0.5, 0.6) is 0 Å². The van der Waals surface area contributed by atoms with Crippen molar-refractivity contribution in [3.8, 4) is 0 Å². The molecule has 3 aliphatic rings. The van der Waals surface area contributed by atoms with Crippen LogP contribution in [-0.2, 0) is 19.1 Å². The third-order valence-corrected chi connectivity index (χ3v) is 9.58. The zero-order valence-corrected chi connectivity index (χ0v) is 25.0. The fourth-order valence-electron chi connectivity index (χ4n) is 7.42. The lowest BCUT2D eigenvalue weighted by atomic mass is 9.62. The van der Waals surface area contributed by atoms with E-state index >= 15 is 0 Å². The minimum Gasteiger partial charge on any atom is -0.394 e. The van der Waals surface area contributed by atoms with E-state index in [9.17, 15) is 19.5 Å². The number of likely N-dealkylation sites (N-methyl/N-ethyl adjacent to an activating group) is 1. The molecule has 0 aromatic heterocycles. The van der Waals surface area contributed by atoms with Gasteiger partial charge in [-0.15, -0.1) is 13.2 Å². The average molecular weight is 552 g/mol. The molecule has 3 aliphatic heterocycles. The number of hydrogen-bond donors (Lipinski definition) is 1. The predicted octanol–water partition coefficient (Wildman–Crippen LogP) is 3.49. The van der Waals surface area contributed by atoms with Gasteiger partial charge in [-0.1, -0.05) is 45.1 Å². The Morgan fingerprint density at radius 2 is 1.85 bits per heavy atom. The van der Waals surface area contributed by atoms with Crippen LogP contribution in [0.2, 0.25) is 0 Å². The van der Waals surface area contributed by atoms with Crippen molar-refractivity contribution in [3.05, 3.63) is 54.6 Å². The molecule has 3 fully saturated rings. The number of likely N-dealkylation sites (tertiary alicyclic amines) is 1. The summed E-state index contributed by atoms with van der Waals surface area (Å²) in [6.45, 7) is 19.7. The van der Waals surface area contributed by atoms with Crippen molar-refractivity contribution in [2.24, 2.45) is 23.7 Å². The van der Waals surface area contributed by atoms with E-state index in [1.54, 1.807) is 33.9 Å². The number of carbonyl (C=O) groups is 3.